The van der Waals surface area contributed by atoms with Crippen molar-refractivity contribution in [1.29, 1.82) is 0 Å². The van der Waals surface area contributed by atoms with Crippen LogP contribution in [0.3, 0.4) is 0 Å². The number of pyridine rings is 1. The zero-order valence-electron chi connectivity index (χ0n) is 13.6. The van der Waals surface area contributed by atoms with Crippen molar-refractivity contribution in [2.24, 2.45) is 0 Å². The first kappa shape index (κ1) is 18.4. The van der Waals surface area contributed by atoms with Crippen LogP contribution in [0, 0.1) is 10.1 Å². The summed E-state index contributed by atoms with van der Waals surface area (Å²) >= 11 is 6.03. The number of hydrogen-bond acceptors (Lipinski definition) is 5. The molecule has 1 N–H and O–H groups in total. The van der Waals surface area contributed by atoms with Crippen LogP contribution in [0.5, 0.6) is 0 Å². The lowest BCUT2D eigenvalue weighted by atomic mass is 10.2. The van der Waals surface area contributed by atoms with Crippen LogP contribution in [-0.2, 0) is 16.6 Å². The van der Waals surface area contributed by atoms with Crippen LogP contribution < -0.4 is 5.32 Å². The summed E-state index contributed by atoms with van der Waals surface area (Å²) in [5.74, 6) is 0.775. The first-order valence-corrected chi connectivity index (χ1v) is 8.91. The minimum Gasteiger partial charge on any atom is -0.339 e. The molecule has 1 heterocycles. The predicted octanol–water partition coefficient (Wildman–Crippen LogP) is 4.43. The highest BCUT2D eigenvalue weighted by Crippen LogP contribution is 2.27. The molecule has 128 valence electrons. The number of anilines is 2. The fourth-order valence-electron chi connectivity index (χ4n) is 1.86. The van der Waals surface area contributed by atoms with Gasteiger partial charge in [0, 0.05) is 33.1 Å². The van der Waals surface area contributed by atoms with Gasteiger partial charge in [0.1, 0.15) is 12.0 Å². The van der Waals surface area contributed by atoms with Crippen molar-refractivity contribution >= 4 is 39.6 Å². The Labute approximate surface area is 147 Å². The van der Waals surface area contributed by atoms with Crippen LogP contribution in [-0.4, -0.2) is 18.9 Å². The molecule has 0 aliphatic heterocycles. The number of nitrogens with one attached hydrogen (secondary N) is 1. The number of rotatable bonds is 5. The van der Waals surface area contributed by atoms with E-state index in [-0.39, 0.29) is 15.5 Å². The Morgan fingerprint density at radius 3 is 2.62 bits per heavy atom. The number of nitro groups is 1. The molecule has 1 aromatic heterocycles. The number of halogens is 1. The summed E-state index contributed by atoms with van der Waals surface area (Å²) in [6, 6.07) is 8.68. The minimum atomic E-state index is -1.00. The van der Waals surface area contributed by atoms with Gasteiger partial charge < -0.3 is 5.32 Å². The van der Waals surface area contributed by atoms with Gasteiger partial charge in [0.25, 0.3) is 5.69 Å². The van der Waals surface area contributed by atoms with Crippen molar-refractivity contribution in [2.75, 3.05) is 5.32 Å². The normalized spacial score (nSPS) is 12.7. The van der Waals surface area contributed by atoms with Gasteiger partial charge >= 0.3 is 0 Å². The smallest absolute Gasteiger partial charge is 0.289 e. The highest BCUT2D eigenvalue weighted by Gasteiger charge is 2.19. The number of nitrogens with zero attached hydrogens (tertiary/aromatic N) is 2. The Morgan fingerprint density at radius 1 is 1.33 bits per heavy atom. The summed E-state index contributed by atoms with van der Waals surface area (Å²) in [7, 11) is -1.00. The molecule has 0 amide bonds. The van der Waals surface area contributed by atoms with Gasteiger partial charge in [-0.25, -0.2) is 4.98 Å². The highest BCUT2D eigenvalue weighted by molar-refractivity contribution is 7.85. The van der Waals surface area contributed by atoms with Crippen molar-refractivity contribution in [3.05, 3.63) is 57.2 Å². The Bertz CT molecular complexity index is 790. The second-order valence-corrected chi connectivity index (χ2v) is 8.82. The molecule has 24 heavy (non-hydrogen) atoms. The van der Waals surface area contributed by atoms with Crippen molar-refractivity contribution in [2.45, 2.75) is 31.3 Å². The Hall–Kier alpha value is -1.99. The molecule has 2 aromatic rings. The SMILES string of the molecule is CC(C)(C)S(=O)Cc1cccc(Nc2ncc([N+](=O)[O-])cc2Cl)c1. The third-order valence-corrected chi connectivity index (χ3v) is 5.46. The summed E-state index contributed by atoms with van der Waals surface area (Å²) in [4.78, 5) is 14.1. The van der Waals surface area contributed by atoms with E-state index in [0.717, 1.165) is 17.4 Å². The zero-order valence-corrected chi connectivity index (χ0v) is 15.1. The van der Waals surface area contributed by atoms with Gasteiger partial charge in [-0.15, -0.1) is 0 Å². The quantitative estimate of drug-likeness (QED) is 0.624. The molecule has 0 spiro atoms. The first-order valence-electron chi connectivity index (χ1n) is 7.21. The van der Waals surface area contributed by atoms with Gasteiger partial charge in [0.15, 0.2) is 0 Å². The summed E-state index contributed by atoms with van der Waals surface area (Å²) in [5.41, 5.74) is 1.48. The fraction of sp³-hybridized carbons (Fsp3) is 0.312. The fourth-order valence-corrected chi connectivity index (χ4v) is 2.99. The lowest BCUT2D eigenvalue weighted by Gasteiger charge is -2.18. The molecule has 8 heteroatoms. The van der Waals surface area contributed by atoms with Crippen LogP contribution in [0.1, 0.15) is 26.3 Å². The predicted molar refractivity (Wildman–Crippen MR) is 97.2 cm³/mol. The molecular formula is C16H18ClN3O3S. The van der Waals surface area contributed by atoms with Crippen molar-refractivity contribution in [3.63, 3.8) is 0 Å². The van der Waals surface area contributed by atoms with Gasteiger partial charge in [-0.3, -0.25) is 14.3 Å². The molecule has 6 nitrogen and oxygen atoms in total. The largest absolute Gasteiger partial charge is 0.339 e. The molecule has 0 fully saturated rings. The molecule has 0 saturated carbocycles. The third kappa shape index (κ3) is 4.75. The van der Waals surface area contributed by atoms with E-state index in [0.29, 0.717) is 11.6 Å². The molecule has 0 bridgehead atoms. The molecule has 1 atom stereocenters. The lowest BCUT2D eigenvalue weighted by Crippen LogP contribution is -2.22. The summed E-state index contributed by atoms with van der Waals surface area (Å²) < 4.78 is 12.0. The number of hydrogen-bond donors (Lipinski definition) is 1. The van der Waals surface area contributed by atoms with Crippen molar-refractivity contribution in [3.8, 4) is 0 Å². The average molecular weight is 368 g/mol. The maximum Gasteiger partial charge on any atom is 0.289 e. The number of aromatic nitrogens is 1. The molecule has 1 aromatic carbocycles. The van der Waals surface area contributed by atoms with Gasteiger partial charge in [-0.1, -0.05) is 23.7 Å². The summed E-state index contributed by atoms with van der Waals surface area (Å²) in [5, 5.41) is 13.9. The maximum absolute atomic E-state index is 12.3. The first-order chi connectivity index (χ1) is 11.2. The van der Waals surface area contributed by atoms with E-state index < -0.39 is 15.7 Å². The molecule has 2 rings (SSSR count). The van der Waals surface area contributed by atoms with Gasteiger partial charge in [0.05, 0.1) is 9.95 Å². The summed E-state index contributed by atoms with van der Waals surface area (Å²) in [6.07, 6.45) is 1.15. The summed E-state index contributed by atoms with van der Waals surface area (Å²) in [6.45, 7) is 5.81. The van der Waals surface area contributed by atoms with E-state index in [1.807, 2.05) is 45.0 Å². The van der Waals surface area contributed by atoms with E-state index in [9.17, 15) is 14.3 Å². The van der Waals surface area contributed by atoms with Crippen LogP contribution >= 0.6 is 11.6 Å². The Morgan fingerprint density at radius 2 is 2.04 bits per heavy atom. The standard InChI is InChI=1S/C16H18ClN3O3S/c1-16(2,3)24(23)10-11-5-4-6-12(7-11)19-15-14(17)8-13(9-18-15)20(21)22/h4-9H,10H2,1-3H3,(H,18,19). The Balaban J connectivity index is 2.18. The van der Waals surface area contributed by atoms with Crippen LogP contribution in [0.4, 0.5) is 17.2 Å². The average Bonchev–Trinajstić information content (AvgIpc) is 2.48. The molecular weight excluding hydrogens is 350 g/mol. The van der Waals surface area contributed by atoms with Gasteiger partial charge in [-0.05, 0) is 38.5 Å². The van der Waals surface area contributed by atoms with Crippen molar-refractivity contribution in [1.82, 2.24) is 4.98 Å². The van der Waals surface area contributed by atoms with E-state index in [4.69, 9.17) is 11.6 Å². The molecule has 0 aliphatic rings. The van der Waals surface area contributed by atoms with Crippen LogP contribution in [0.25, 0.3) is 0 Å². The van der Waals surface area contributed by atoms with Gasteiger partial charge in [0.2, 0.25) is 0 Å². The topological polar surface area (TPSA) is 85.1 Å². The Kier molecular flexibility index (Phi) is 5.56. The second kappa shape index (κ2) is 7.27. The van der Waals surface area contributed by atoms with E-state index in [1.54, 1.807) is 0 Å². The molecule has 0 radical (unpaired) electrons. The van der Waals surface area contributed by atoms with E-state index in [1.165, 1.54) is 6.07 Å². The molecule has 0 aliphatic carbocycles. The monoisotopic (exact) mass is 367 g/mol. The van der Waals surface area contributed by atoms with E-state index in [2.05, 4.69) is 10.3 Å². The molecule has 1 unspecified atom stereocenters. The second-order valence-electron chi connectivity index (χ2n) is 6.21. The minimum absolute atomic E-state index is 0.160. The zero-order chi connectivity index (χ0) is 17.9. The highest BCUT2D eigenvalue weighted by atomic mass is 35.5. The number of benzene rings is 1. The third-order valence-electron chi connectivity index (χ3n) is 3.21. The van der Waals surface area contributed by atoms with Crippen molar-refractivity contribution < 1.29 is 9.13 Å². The van der Waals surface area contributed by atoms with Crippen LogP contribution in [0.15, 0.2) is 36.5 Å². The molecule has 0 saturated heterocycles. The lowest BCUT2D eigenvalue weighted by molar-refractivity contribution is -0.385. The maximum atomic E-state index is 12.3. The van der Waals surface area contributed by atoms with Gasteiger partial charge in [-0.2, -0.15) is 0 Å². The van der Waals surface area contributed by atoms with E-state index >= 15 is 0 Å². The van der Waals surface area contributed by atoms with Crippen LogP contribution in [0.2, 0.25) is 5.02 Å².